The van der Waals surface area contributed by atoms with Crippen LogP contribution in [-0.4, -0.2) is 35.8 Å². The Morgan fingerprint density at radius 3 is 2.58 bits per heavy atom. The fourth-order valence-corrected chi connectivity index (χ4v) is 4.60. The molecule has 31 heavy (non-hydrogen) atoms. The molecule has 8 nitrogen and oxygen atoms in total. The Morgan fingerprint density at radius 1 is 1.23 bits per heavy atom. The number of halogens is 1. The monoisotopic (exact) mass is 463 g/mol. The maximum Gasteiger partial charge on any atom is 0.254 e. The van der Waals surface area contributed by atoms with Gasteiger partial charge in [-0.2, -0.15) is 0 Å². The number of carbonyl (C=O) groups is 3. The van der Waals surface area contributed by atoms with Gasteiger partial charge in [-0.3, -0.25) is 14.4 Å². The second kappa shape index (κ2) is 10.6. The van der Waals surface area contributed by atoms with Crippen LogP contribution in [0.5, 0.6) is 0 Å². The molecule has 0 saturated heterocycles. The lowest BCUT2D eigenvalue weighted by Crippen LogP contribution is -2.45. The van der Waals surface area contributed by atoms with Crippen molar-refractivity contribution in [2.75, 3.05) is 18.1 Å². The van der Waals surface area contributed by atoms with E-state index in [2.05, 4.69) is 20.9 Å². The lowest BCUT2D eigenvalue weighted by molar-refractivity contribution is -0.118. The van der Waals surface area contributed by atoms with Gasteiger partial charge in [0.05, 0.1) is 11.8 Å². The Kier molecular flexibility index (Phi) is 7.86. The number of aromatic nitrogens is 1. The van der Waals surface area contributed by atoms with Crippen LogP contribution in [-0.2, 0) is 4.79 Å². The number of benzene rings is 1. The first-order valence-corrected chi connectivity index (χ1v) is 11.4. The van der Waals surface area contributed by atoms with Gasteiger partial charge in [0.15, 0.2) is 5.13 Å². The molecule has 1 atom stereocenters. The van der Waals surface area contributed by atoms with Crippen LogP contribution in [0.15, 0.2) is 24.4 Å². The van der Waals surface area contributed by atoms with Crippen LogP contribution < -0.4 is 21.7 Å². The predicted molar refractivity (Wildman–Crippen MR) is 122 cm³/mol. The second-order valence-electron chi connectivity index (χ2n) is 7.61. The smallest absolute Gasteiger partial charge is 0.254 e. The molecule has 2 aromatic rings. The molecule has 1 fully saturated rings. The van der Waals surface area contributed by atoms with Gasteiger partial charge in [-0.25, -0.2) is 4.98 Å². The van der Waals surface area contributed by atoms with Gasteiger partial charge in [-0.05, 0) is 30.5 Å². The number of carbonyl (C=O) groups excluding carboxylic acids is 3. The van der Waals surface area contributed by atoms with Crippen molar-refractivity contribution in [2.45, 2.75) is 44.6 Å². The van der Waals surface area contributed by atoms with Crippen LogP contribution in [0, 0.1) is 5.92 Å². The summed E-state index contributed by atoms with van der Waals surface area (Å²) in [6, 6.07) is 3.72. The summed E-state index contributed by atoms with van der Waals surface area (Å²) in [6.07, 6.45) is 7.52. The number of nitrogens with one attached hydrogen (secondary N) is 3. The van der Waals surface area contributed by atoms with Gasteiger partial charge in [-0.1, -0.05) is 55.0 Å². The zero-order valence-corrected chi connectivity index (χ0v) is 18.8. The van der Waals surface area contributed by atoms with E-state index < -0.39 is 11.9 Å². The maximum absolute atomic E-state index is 12.9. The van der Waals surface area contributed by atoms with Gasteiger partial charge in [-0.15, -0.1) is 0 Å². The number of anilines is 2. The summed E-state index contributed by atoms with van der Waals surface area (Å²) < 4.78 is 0.465. The molecular weight excluding hydrogens is 438 g/mol. The molecule has 3 amide bonds. The fourth-order valence-electron chi connectivity index (χ4n) is 3.78. The van der Waals surface area contributed by atoms with Gasteiger partial charge >= 0.3 is 0 Å². The highest BCUT2D eigenvalue weighted by atomic mass is 35.5. The molecule has 10 heteroatoms. The third-order valence-corrected chi connectivity index (χ3v) is 6.44. The Balaban J connectivity index is 1.75. The molecule has 0 aliphatic heterocycles. The number of amides is 3. The molecule has 1 aliphatic rings. The van der Waals surface area contributed by atoms with Crippen molar-refractivity contribution >= 4 is 51.5 Å². The molecule has 0 bridgehead atoms. The predicted octanol–water partition coefficient (Wildman–Crippen LogP) is 3.45. The first-order chi connectivity index (χ1) is 14.9. The highest BCUT2D eigenvalue weighted by Crippen LogP contribution is 2.28. The summed E-state index contributed by atoms with van der Waals surface area (Å²) in [7, 11) is 1.52. The zero-order chi connectivity index (χ0) is 22.4. The molecule has 1 saturated carbocycles. The van der Waals surface area contributed by atoms with E-state index in [-0.39, 0.29) is 23.1 Å². The molecule has 1 heterocycles. The van der Waals surface area contributed by atoms with Crippen LogP contribution in [0.25, 0.3) is 0 Å². The topological polar surface area (TPSA) is 126 Å². The Morgan fingerprint density at radius 2 is 1.97 bits per heavy atom. The lowest BCUT2D eigenvalue weighted by Gasteiger charge is -2.26. The molecule has 5 N–H and O–H groups in total. The molecule has 3 rings (SSSR count). The van der Waals surface area contributed by atoms with E-state index in [9.17, 15) is 14.4 Å². The van der Waals surface area contributed by atoms with Crippen LogP contribution >= 0.6 is 22.9 Å². The number of nitrogens with zero attached hydrogens (tertiary/aromatic N) is 1. The van der Waals surface area contributed by atoms with E-state index in [4.69, 9.17) is 17.3 Å². The quantitative estimate of drug-likeness (QED) is 0.468. The van der Waals surface area contributed by atoms with Crippen LogP contribution in [0.4, 0.5) is 10.8 Å². The van der Waals surface area contributed by atoms with Crippen molar-refractivity contribution in [1.82, 2.24) is 15.6 Å². The van der Waals surface area contributed by atoms with Crippen molar-refractivity contribution in [3.63, 3.8) is 0 Å². The van der Waals surface area contributed by atoms with E-state index in [1.54, 1.807) is 0 Å². The van der Waals surface area contributed by atoms with Crippen molar-refractivity contribution in [2.24, 2.45) is 5.92 Å². The maximum atomic E-state index is 12.9. The first-order valence-electron chi connectivity index (χ1n) is 10.2. The minimum atomic E-state index is -0.740. The van der Waals surface area contributed by atoms with Gasteiger partial charge in [0, 0.05) is 18.3 Å². The highest BCUT2D eigenvalue weighted by molar-refractivity contribution is 7.19. The number of hydrogen-bond donors (Lipinski definition) is 4. The summed E-state index contributed by atoms with van der Waals surface area (Å²) in [5.74, 6) is -0.743. The molecular formula is C21H26ClN5O3S. The highest BCUT2D eigenvalue weighted by Gasteiger charge is 2.27. The van der Waals surface area contributed by atoms with Crippen LogP contribution in [0.1, 0.15) is 59.2 Å². The van der Waals surface area contributed by atoms with Crippen molar-refractivity contribution in [3.8, 4) is 0 Å². The van der Waals surface area contributed by atoms with Crippen molar-refractivity contribution < 1.29 is 14.4 Å². The minimum absolute atomic E-state index is 0.169. The number of rotatable bonds is 7. The Hall–Kier alpha value is -2.65. The van der Waals surface area contributed by atoms with E-state index >= 15 is 0 Å². The average Bonchev–Trinajstić information content (AvgIpc) is 3.17. The zero-order valence-electron chi connectivity index (χ0n) is 17.2. The molecule has 1 aliphatic carbocycles. The van der Waals surface area contributed by atoms with Gasteiger partial charge < -0.3 is 21.7 Å². The average molecular weight is 464 g/mol. The normalized spacial score (nSPS) is 15.2. The fraction of sp³-hybridized carbons (Fsp3) is 0.429. The third kappa shape index (κ3) is 6.18. The van der Waals surface area contributed by atoms with Gasteiger partial charge in [0.1, 0.15) is 10.4 Å². The van der Waals surface area contributed by atoms with Crippen molar-refractivity contribution in [1.29, 1.82) is 0 Å². The number of nitrogens with two attached hydrogens (primary N) is 1. The lowest BCUT2D eigenvalue weighted by atomic mass is 9.84. The molecule has 1 aromatic heterocycles. The third-order valence-electron chi connectivity index (χ3n) is 5.41. The minimum Gasteiger partial charge on any atom is -0.398 e. The summed E-state index contributed by atoms with van der Waals surface area (Å²) >= 11 is 7.05. The van der Waals surface area contributed by atoms with Gasteiger partial charge in [0.25, 0.3) is 11.8 Å². The van der Waals surface area contributed by atoms with E-state index in [1.807, 2.05) is 0 Å². The van der Waals surface area contributed by atoms with E-state index in [1.165, 1.54) is 37.9 Å². The summed E-state index contributed by atoms with van der Waals surface area (Å²) in [5, 5.41) is 8.46. The molecule has 1 unspecified atom stereocenters. The SMILES string of the molecule is CNC(=O)c1ccc(C(=O)NC(CC2CCCCC2)C(=O)Nc2ncc(Cl)s2)c(N)c1. The molecule has 0 spiro atoms. The van der Waals surface area contributed by atoms with Crippen LogP contribution in [0.3, 0.4) is 0 Å². The number of thiazole rings is 1. The van der Waals surface area contributed by atoms with Crippen LogP contribution in [0.2, 0.25) is 4.34 Å². The Labute approximate surface area is 189 Å². The van der Waals surface area contributed by atoms with Gasteiger partial charge in [0.2, 0.25) is 5.91 Å². The molecule has 0 radical (unpaired) electrons. The molecule has 166 valence electrons. The van der Waals surface area contributed by atoms with E-state index in [0.29, 0.717) is 27.4 Å². The van der Waals surface area contributed by atoms with E-state index in [0.717, 1.165) is 37.0 Å². The summed E-state index contributed by atoms with van der Waals surface area (Å²) in [5.41, 5.74) is 6.75. The largest absolute Gasteiger partial charge is 0.398 e. The van der Waals surface area contributed by atoms with Crippen molar-refractivity contribution in [3.05, 3.63) is 39.9 Å². The molecule has 1 aromatic carbocycles. The Bertz CT molecular complexity index is 958. The second-order valence-corrected chi connectivity index (χ2v) is 9.27. The summed E-state index contributed by atoms with van der Waals surface area (Å²) in [6.45, 7) is 0. The first kappa shape index (κ1) is 23.0. The summed E-state index contributed by atoms with van der Waals surface area (Å²) in [4.78, 5) is 41.7. The number of hydrogen-bond acceptors (Lipinski definition) is 6. The standard InChI is InChI=1S/C21H26ClN5O3S/c1-24-18(28)13-7-8-14(15(23)10-13)19(29)26-16(9-12-5-3-2-4-6-12)20(30)27-21-25-11-17(22)31-21/h7-8,10-12,16H,2-6,9,23H2,1H3,(H,24,28)(H,26,29)(H,25,27,30). The number of nitrogen functional groups attached to an aromatic ring is 1.